The highest BCUT2D eigenvalue weighted by Gasteiger charge is 2.00. The maximum Gasteiger partial charge on any atom is 0.341 e. The molecule has 0 radical (unpaired) electrons. The van der Waals surface area contributed by atoms with Crippen molar-refractivity contribution in [2.45, 2.75) is 39.3 Å². The number of aliphatic carboxylic acids is 1. The van der Waals surface area contributed by atoms with Gasteiger partial charge < -0.3 is 15.2 Å². The molecule has 0 atom stereocenters. The van der Waals surface area contributed by atoms with E-state index < -0.39 is 5.97 Å². The summed E-state index contributed by atoms with van der Waals surface area (Å²) in [6.07, 6.45) is 3.57. The van der Waals surface area contributed by atoms with Gasteiger partial charge in [0.25, 0.3) is 0 Å². The first-order valence-electron chi connectivity index (χ1n) is 11.0. The molecule has 0 spiro atoms. The highest BCUT2D eigenvalue weighted by molar-refractivity contribution is 5.85. The molecule has 2 N–H and O–H groups in total. The molecule has 0 aliphatic rings. The Balaban J connectivity index is 0.00000385. The van der Waals surface area contributed by atoms with Crippen LogP contribution in [0.15, 0.2) is 72.8 Å². The van der Waals surface area contributed by atoms with Gasteiger partial charge in [-0.05, 0) is 65.9 Å². The minimum Gasteiger partial charge on any atom is -0.482 e. The lowest BCUT2D eigenvalue weighted by Gasteiger charge is -2.07. The molecule has 3 rings (SSSR count). The van der Waals surface area contributed by atoms with Crippen molar-refractivity contribution in [2.24, 2.45) is 0 Å². The number of carboxylic acid groups (broad SMARTS) is 1. The molecular formula is C28H30ClNO3. The Hall–Kier alpha value is -3.26. The summed E-state index contributed by atoms with van der Waals surface area (Å²) >= 11 is 0. The first kappa shape index (κ1) is 26.0. The molecule has 4 nitrogen and oxygen atoms in total. The van der Waals surface area contributed by atoms with E-state index in [1.54, 1.807) is 12.1 Å². The van der Waals surface area contributed by atoms with E-state index in [-0.39, 0.29) is 19.0 Å². The van der Waals surface area contributed by atoms with E-state index in [1.807, 2.05) is 24.3 Å². The van der Waals surface area contributed by atoms with Gasteiger partial charge in [-0.1, -0.05) is 61.6 Å². The van der Waals surface area contributed by atoms with E-state index in [9.17, 15) is 4.79 Å². The van der Waals surface area contributed by atoms with Gasteiger partial charge in [0.05, 0.1) is 0 Å². The van der Waals surface area contributed by atoms with E-state index in [0.717, 1.165) is 36.2 Å². The van der Waals surface area contributed by atoms with Crippen LogP contribution in [-0.2, 0) is 24.3 Å². The third kappa shape index (κ3) is 9.41. The van der Waals surface area contributed by atoms with E-state index >= 15 is 0 Å². The van der Waals surface area contributed by atoms with E-state index in [1.165, 1.54) is 24.0 Å². The zero-order valence-corrected chi connectivity index (χ0v) is 19.7. The average molecular weight is 464 g/mol. The predicted octanol–water partition coefficient (Wildman–Crippen LogP) is 5.60. The monoisotopic (exact) mass is 463 g/mol. The van der Waals surface area contributed by atoms with Gasteiger partial charge >= 0.3 is 5.97 Å². The predicted molar refractivity (Wildman–Crippen MR) is 135 cm³/mol. The number of hydrogen-bond donors (Lipinski definition) is 2. The standard InChI is InChI=1S/C28H29NO3.ClH/c1-2-3-4-22-5-7-23(8-6-22)9-10-24-11-13-25(14-12-24)19-29-20-26-15-17-27(18-16-26)32-21-28(30)31;/h5-8,11-18,29H,2-4,19-21H2,1H3,(H,30,31);1H. The fourth-order valence-electron chi connectivity index (χ4n) is 3.19. The molecule has 0 saturated carbocycles. The lowest BCUT2D eigenvalue weighted by molar-refractivity contribution is -0.139. The van der Waals surface area contributed by atoms with Gasteiger partial charge in [-0.3, -0.25) is 0 Å². The topological polar surface area (TPSA) is 58.6 Å². The Morgan fingerprint density at radius 3 is 1.79 bits per heavy atom. The normalized spacial score (nSPS) is 9.97. The summed E-state index contributed by atoms with van der Waals surface area (Å²) in [5, 5.41) is 12.1. The van der Waals surface area contributed by atoms with E-state index in [0.29, 0.717) is 5.75 Å². The van der Waals surface area contributed by atoms with Gasteiger partial charge in [-0.15, -0.1) is 12.4 Å². The zero-order valence-electron chi connectivity index (χ0n) is 18.8. The quantitative estimate of drug-likeness (QED) is 0.384. The highest BCUT2D eigenvalue weighted by atomic mass is 35.5. The Bertz CT molecular complexity index is 1050. The lowest BCUT2D eigenvalue weighted by Crippen LogP contribution is -2.12. The van der Waals surface area contributed by atoms with Crippen molar-refractivity contribution in [2.75, 3.05) is 6.61 Å². The zero-order chi connectivity index (χ0) is 22.6. The molecule has 3 aromatic carbocycles. The van der Waals surface area contributed by atoms with Gasteiger partial charge in [-0.2, -0.15) is 0 Å². The summed E-state index contributed by atoms with van der Waals surface area (Å²) in [7, 11) is 0. The molecule has 0 bridgehead atoms. The Kier molecular flexibility index (Phi) is 11.0. The molecule has 0 saturated heterocycles. The first-order valence-corrected chi connectivity index (χ1v) is 11.0. The van der Waals surface area contributed by atoms with Crippen LogP contribution in [0, 0.1) is 11.8 Å². The maximum atomic E-state index is 10.5. The smallest absolute Gasteiger partial charge is 0.341 e. The van der Waals surface area contributed by atoms with E-state index in [2.05, 4.69) is 60.5 Å². The van der Waals surface area contributed by atoms with Gasteiger partial charge in [0.15, 0.2) is 6.61 Å². The number of hydrogen-bond acceptors (Lipinski definition) is 3. The molecule has 172 valence electrons. The summed E-state index contributed by atoms with van der Waals surface area (Å²) in [5.74, 6) is 6.05. The fraction of sp³-hybridized carbons (Fsp3) is 0.250. The molecule has 0 heterocycles. The third-order valence-electron chi connectivity index (χ3n) is 5.02. The van der Waals surface area contributed by atoms with Gasteiger partial charge in [0.2, 0.25) is 0 Å². The van der Waals surface area contributed by atoms with Crippen LogP contribution in [0.25, 0.3) is 0 Å². The van der Waals surface area contributed by atoms with Gasteiger partial charge in [0.1, 0.15) is 5.75 Å². The molecule has 0 aliphatic carbocycles. The van der Waals surface area contributed by atoms with Crippen LogP contribution in [0.3, 0.4) is 0 Å². The average Bonchev–Trinajstić information content (AvgIpc) is 2.82. The maximum absolute atomic E-state index is 10.5. The molecule has 0 fully saturated rings. The summed E-state index contributed by atoms with van der Waals surface area (Å²) in [4.78, 5) is 10.5. The number of carbonyl (C=O) groups is 1. The molecule has 0 aliphatic heterocycles. The lowest BCUT2D eigenvalue weighted by atomic mass is 10.1. The van der Waals surface area contributed by atoms with Crippen molar-refractivity contribution >= 4 is 18.4 Å². The second kappa shape index (κ2) is 14.0. The SMILES string of the molecule is CCCCc1ccc(C#Cc2ccc(CNCc3ccc(OCC(=O)O)cc3)cc2)cc1.Cl. The van der Waals surface area contributed by atoms with Crippen molar-refractivity contribution in [3.8, 4) is 17.6 Å². The van der Waals surface area contributed by atoms with Crippen LogP contribution >= 0.6 is 12.4 Å². The second-order valence-corrected chi connectivity index (χ2v) is 7.68. The number of halogens is 1. The first-order chi connectivity index (χ1) is 15.6. The minimum absolute atomic E-state index is 0. The van der Waals surface area contributed by atoms with Crippen LogP contribution < -0.4 is 10.1 Å². The molecule has 0 unspecified atom stereocenters. The molecule has 0 amide bonds. The van der Waals surface area contributed by atoms with Crippen molar-refractivity contribution in [3.05, 3.63) is 101 Å². The second-order valence-electron chi connectivity index (χ2n) is 7.68. The van der Waals surface area contributed by atoms with Crippen LogP contribution in [-0.4, -0.2) is 17.7 Å². The molecule has 3 aromatic rings. The number of aryl methyl sites for hydroxylation is 1. The number of ether oxygens (including phenoxy) is 1. The Morgan fingerprint density at radius 1 is 0.818 bits per heavy atom. The largest absolute Gasteiger partial charge is 0.482 e. The number of unbranched alkanes of at least 4 members (excludes halogenated alkanes) is 1. The van der Waals surface area contributed by atoms with Crippen molar-refractivity contribution < 1.29 is 14.6 Å². The van der Waals surface area contributed by atoms with Crippen molar-refractivity contribution in [1.29, 1.82) is 0 Å². The highest BCUT2D eigenvalue weighted by Crippen LogP contribution is 2.12. The van der Waals surface area contributed by atoms with E-state index in [4.69, 9.17) is 9.84 Å². The third-order valence-corrected chi connectivity index (χ3v) is 5.02. The minimum atomic E-state index is -0.982. The van der Waals surface area contributed by atoms with Crippen LogP contribution in [0.2, 0.25) is 0 Å². The number of nitrogens with one attached hydrogen (secondary N) is 1. The fourth-order valence-corrected chi connectivity index (χ4v) is 3.19. The van der Waals surface area contributed by atoms with Gasteiger partial charge in [-0.25, -0.2) is 4.79 Å². The Morgan fingerprint density at radius 2 is 1.30 bits per heavy atom. The number of rotatable bonds is 10. The van der Waals surface area contributed by atoms with Crippen molar-refractivity contribution in [1.82, 2.24) is 5.32 Å². The summed E-state index contributed by atoms with van der Waals surface area (Å²) in [6.45, 7) is 3.35. The van der Waals surface area contributed by atoms with Gasteiger partial charge in [0, 0.05) is 24.2 Å². The molecule has 33 heavy (non-hydrogen) atoms. The molecule has 5 heteroatoms. The summed E-state index contributed by atoms with van der Waals surface area (Å²) in [5.41, 5.74) is 5.71. The van der Waals surface area contributed by atoms with Crippen LogP contribution in [0.4, 0.5) is 0 Å². The Labute approximate surface area is 202 Å². The van der Waals surface area contributed by atoms with Crippen LogP contribution in [0.5, 0.6) is 5.75 Å². The number of carboxylic acids is 1. The van der Waals surface area contributed by atoms with Crippen molar-refractivity contribution in [3.63, 3.8) is 0 Å². The summed E-state index contributed by atoms with van der Waals surface area (Å²) in [6, 6.07) is 24.2. The number of benzene rings is 3. The summed E-state index contributed by atoms with van der Waals surface area (Å²) < 4.78 is 5.14. The molecule has 0 aromatic heterocycles. The molecular weight excluding hydrogens is 434 g/mol. The van der Waals surface area contributed by atoms with Crippen LogP contribution in [0.1, 0.15) is 47.6 Å².